The van der Waals surface area contributed by atoms with Crippen molar-refractivity contribution in [2.75, 3.05) is 17.2 Å². The van der Waals surface area contributed by atoms with Gasteiger partial charge in [0.1, 0.15) is 5.75 Å². The molecule has 0 saturated carbocycles. The molecule has 0 spiro atoms. The fourth-order valence-corrected chi connectivity index (χ4v) is 3.52. The van der Waals surface area contributed by atoms with Crippen molar-refractivity contribution in [1.82, 2.24) is 0 Å². The minimum Gasteiger partial charge on any atom is -0.484 e. The van der Waals surface area contributed by atoms with Gasteiger partial charge in [0, 0.05) is 22.3 Å². The highest BCUT2D eigenvalue weighted by atomic mass is 16.5. The summed E-state index contributed by atoms with van der Waals surface area (Å²) >= 11 is 0. The Hall–Kier alpha value is -4.12. The van der Waals surface area contributed by atoms with Gasteiger partial charge in [-0.2, -0.15) is 0 Å². The summed E-state index contributed by atoms with van der Waals surface area (Å²) in [6.45, 7) is 3.85. The second-order valence-corrected chi connectivity index (χ2v) is 7.66. The zero-order valence-electron chi connectivity index (χ0n) is 18.0. The number of rotatable bonds is 6. The van der Waals surface area contributed by atoms with Crippen molar-refractivity contribution in [2.24, 2.45) is 0 Å². The molecule has 4 aromatic rings. The van der Waals surface area contributed by atoms with E-state index in [4.69, 9.17) is 4.74 Å². The van der Waals surface area contributed by atoms with E-state index in [1.165, 1.54) is 0 Å². The number of hydrogen-bond donors (Lipinski definition) is 2. The molecule has 0 aliphatic rings. The number of carbonyl (C=O) groups excluding carboxylic acids is 2. The molecular weight excluding hydrogens is 400 g/mol. The Morgan fingerprint density at radius 2 is 1.53 bits per heavy atom. The third-order valence-electron chi connectivity index (χ3n) is 5.18. The van der Waals surface area contributed by atoms with Crippen molar-refractivity contribution in [3.8, 4) is 5.75 Å². The van der Waals surface area contributed by atoms with Gasteiger partial charge in [-0.3, -0.25) is 9.59 Å². The van der Waals surface area contributed by atoms with Gasteiger partial charge >= 0.3 is 0 Å². The molecule has 0 fully saturated rings. The molecule has 0 unspecified atom stereocenters. The molecule has 5 nitrogen and oxygen atoms in total. The van der Waals surface area contributed by atoms with Crippen LogP contribution in [-0.4, -0.2) is 18.4 Å². The minimum absolute atomic E-state index is 0.128. The Labute approximate surface area is 187 Å². The van der Waals surface area contributed by atoms with Crippen molar-refractivity contribution in [2.45, 2.75) is 13.8 Å². The summed E-state index contributed by atoms with van der Waals surface area (Å²) in [5.41, 5.74) is 4.20. The van der Waals surface area contributed by atoms with Crippen molar-refractivity contribution < 1.29 is 14.3 Å². The van der Waals surface area contributed by atoms with E-state index in [2.05, 4.69) is 10.6 Å². The van der Waals surface area contributed by atoms with E-state index in [0.29, 0.717) is 11.3 Å². The lowest BCUT2D eigenvalue weighted by Crippen LogP contribution is -2.20. The highest BCUT2D eigenvalue weighted by Crippen LogP contribution is 2.23. The van der Waals surface area contributed by atoms with Gasteiger partial charge in [-0.15, -0.1) is 0 Å². The Kier molecular flexibility index (Phi) is 6.17. The lowest BCUT2D eigenvalue weighted by atomic mass is 10.1. The molecule has 0 aliphatic heterocycles. The van der Waals surface area contributed by atoms with Crippen molar-refractivity contribution in [3.05, 3.63) is 102 Å². The molecule has 160 valence electrons. The van der Waals surface area contributed by atoms with Gasteiger partial charge in [0.05, 0.1) is 0 Å². The smallest absolute Gasteiger partial charge is 0.262 e. The molecule has 0 saturated heterocycles. The zero-order valence-corrected chi connectivity index (χ0v) is 18.0. The molecule has 0 aromatic heterocycles. The average Bonchev–Trinajstić information content (AvgIpc) is 2.80. The van der Waals surface area contributed by atoms with Crippen LogP contribution in [0, 0.1) is 13.8 Å². The quantitative estimate of drug-likeness (QED) is 0.416. The Balaban J connectivity index is 1.34. The Morgan fingerprint density at radius 1 is 0.781 bits per heavy atom. The first-order chi connectivity index (χ1) is 15.5. The van der Waals surface area contributed by atoms with Gasteiger partial charge in [0.25, 0.3) is 11.8 Å². The number of benzene rings is 4. The fraction of sp³-hybridized carbons (Fsp3) is 0.111. The monoisotopic (exact) mass is 424 g/mol. The molecular formula is C27H24N2O3. The van der Waals surface area contributed by atoms with Gasteiger partial charge in [0.15, 0.2) is 6.61 Å². The van der Waals surface area contributed by atoms with E-state index < -0.39 is 0 Å². The maximum absolute atomic E-state index is 12.5. The molecule has 4 aromatic carbocycles. The molecule has 0 atom stereocenters. The largest absolute Gasteiger partial charge is 0.484 e. The summed E-state index contributed by atoms with van der Waals surface area (Å²) in [5.74, 6) is 0.0661. The van der Waals surface area contributed by atoms with E-state index in [0.717, 1.165) is 33.3 Å². The molecule has 2 amide bonds. The van der Waals surface area contributed by atoms with E-state index in [9.17, 15) is 9.59 Å². The number of ether oxygens (including phenoxy) is 1. The molecule has 5 heteroatoms. The molecule has 0 radical (unpaired) electrons. The summed E-state index contributed by atoms with van der Waals surface area (Å²) in [6.07, 6.45) is 0. The van der Waals surface area contributed by atoms with Crippen LogP contribution in [0.4, 0.5) is 11.4 Å². The second kappa shape index (κ2) is 9.35. The maximum atomic E-state index is 12.5. The summed E-state index contributed by atoms with van der Waals surface area (Å²) in [6, 6.07) is 26.2. The molecule has 0 aliphatic carbocycles. The Bertz CT molecular complexity index is 1270. The normalized spacial score (nSPS) is 10.6. The average molecular weight is 425 g/mol. The van der Waals surface area contributed by atoms with Gasteiger partial charge < -0.3 is 15.4 Å². The van der Waals surface area contributed by atoms with Crippen LogP contribution >= 0.6 is 0 Å². The van der Waals surface area contributed by atoms with Crippen LogP contribution in [0.15, 0.2) is 84.9 Å². The highest BCUT2D eigenvalue weighted by Gasteiger charge is 2.10. The zero-order chi connectivity index (χ0) is 22.5. The third-order valence-corrected chi connectivity index (χ3v) is 5.18. The summed E-state index contributed by atoms with van der Waals surface area (Å²) < 4.78 is 5.59. The molecule has 0 heterocycles. The van der Waals surface area contributed by atoms with E-state index in [1.807, 2.05) is 74.5 Å². The summed E-state index contributed by atoms with van der Waals surface area (Å²) in [7, 11) is 0. The summed E-state index contributed by atoms with van der Waals surface area (Å²) in [5, 5.41) is 7.85. The number of carbonyl (C=O) groups is 2. The van der Waals surface area contributed by atoms with E-state index >= 15 is 0 Å². The van der Waals surface area contributed by atoms with E-state index in [1.54, 1.807) is 24.3 Å². The van der Waals surface area contributed by atoms with Gasteiger partial charge in [-0.1, -0.05) is 54.1 Å². The van der Waals surface area contributed by atoms with Crippen LogP contribution in [0.25, 0.3) is 10.8 Å². The lowest BCUT2D eigenvalue weighted by molar-refractivity contribution is -0.118. The van der Waals surface area contributed by atoms with Crippen molar-refractivity contribution in [3.63, 3.8) is 0 Å². The molecule has 0 bridgehead atoms. The number of fused-ring (bicyclic) bond motifs is 1. The number of anilines is 2. The van der Waals surface area contributed by atoms with Crippen LogP contribution in [-0.2, 0) is 4.79 Å². The van der Waals surface area contributed by atoms with Crippen LogP contribution in [0.3, 0.4) is 0 Å². The first kappa shape index (κ1) is 21.1. The van der Waals surface area contributed by atoms with Gasteiger partial charge in [-0.25, -0.2) is 0 Å². The topological polar surface area (TPSA) is 67.4 Å². The maximum Gasteiger partial charge on any atom is 0.262 e. The number of aryl methyl sites for hydroxylation is 2. The molecule has 2 N–H and O–H groups in total. The molecule has 32 heavy (non-hydrogen) atoms. The first-order valence-corrected chi connectivity index (χ1v) is 10.4. The van der Waals surface area contributed by atoms with Gasteiger partial charge in [-0.05, 0) is 61.2 Å². The predicted octanol–water partition coefficient (Wildman–Crippen LogP) is 5.73. The van der Waals surface area contributed by atoms with Gasteiger partial charge in [0.2, 0.25) is 0 Å². The standard InChI is InChI=1S/C27H24N2O3/c1-18-10-15-24(19(2)16-18)29-27(31)21-11-13-22(14-12-21)32-17-26(30)28-25-9-5-7-20-6-3-4-8-23(20)25/h3-16H,17H2,1-2H3,(H,28,30)(H,29,31). The van der Waals surface area contributed by atoms with Crippen molar-refractivity contribution in [1.29, 1.82) is 0 Å². The fourth-order valence-electron chi connectivity index (χ4n) is 3.52. The predicted molar refractivity (Wildman–Crippen MR) is 128 cm³/mol. The van der Waals surface area contributed by atoms with Crippen LogP contribution in [0.5, 0.6) is 5.75 Å². The highest BCUT2D eigenvalue weighted by molar-refractivity contribution is 6.05. The number of hydrogen-bond acceptors (Lipinski definition) is 3. The Morgan fingerprint density at radius 3 is 2.31 bits per heavy atom. The van der Waals surface area contributed by atoms with E-state index in [-0.39, 0.29) is 18.4 Å². The summed E-state index contributed by atoms with van der Waals surface area (Å²) in [4.78, 5) is 24.9. The van der Waals surface area contributed by atoms with Crippen LogP contribution in [0.2, 0.25) is 0 Å². The van der Waals surface area contributed by atoms with Crippen molar-refractivity contribution >= 4 is 34.0 Å². The minimum atomic E-state index is -0.252. The second-order valence-electron chi connectivity index (χ2n) is 7.66. The lowest BCUT2D eigenvalue weighted by Gasteiger charge is -2.11. The van der Waals surface area contributed by atoms with Crippen LogP contribution in [0.1, 0.15) is 21.5 Å². The van der Waals surface area contributed by atoms with Crippen LogP contribution < -0.4 is 15.4 Å². The molecule has 4 rings (SSSR count). The third kappa shape index (κ3) is 4.95. The SMILES string of the molecule is Cc1ccc(NC(=O)c2ccc(OCC(=O)Nc3cccc4ccccc34)cc2)c(C)c1. The number of amides is 2. The first-order valence-electron chi connectivity index (χ1n) is 10.4. The number of nitrogens with one attached hydrogen (secondary N) is 2.